The highest BCUT2D eigenvalue weighted by Gasteiger charge is 2.35. The van der Waals surface area contributed by atoms with Crippen LogP contribution in [0.25, 0.3) is 0 Å². The number of hydrogen-bond donors (Lipinski definition) is 1. The molecule has 1 aliphatic carbocycles. The van der Waals surface area contributed by atoms with Crippen LogP contribution >= 0.6 is 11.3 Å². The topological polar surface area (TPSA) is 66.8 Å². The molecule has 1 N–H and O–H groups in total. The summed E-state index contributed by atoms with van der Waals surface area (Å²) >= 11 is 1.29. The zero-order chi connectivity index (χ0) is 15.2. The fraction of sp³-hybridized carbons (Fsp3) is 0.467. The summed E-state index contributed by atoms with van der Waals surface area (Å²) in [6.07, 6.45) is 1.82. The van der Waals surface area contributed by atoms with Crippen LogP contribution in [0.5, 0.6) is 0 Å². The lowest BCUT2D eigenvalue weighted by Crippen LogP contribution is -2.38. The van der Waals surface area contributed by atoms with E-state index in [2.05, 4.69) is 11.8 Å². The second-order valence-electron chi connectivity index (χ2n) is 4.59. The van der Waals surface area contributed by atoms with Gasteiger partial charge in [0.05, 0.1) is 6.61 Å². The van der Waals surface area contributed by atoms with Gasteiger partial charge in [0.1, 0.15) is 18.0 Å². The number of esters is 1. The van der Waals surface area contributed by atoms with Crippen LogP contribution in [0.1, 0.15) is 35.0 Å². The lowest BCUT2D eigenvalue weighted by Gasteiger charge is -2.20. The third-order valence-electron chi connectivity index (χ3n) is 3.01. The van der Waals surface area contributed by atoms with Crippen molar-refractivity contribution in [1.82, 2.24) is 4.90 Å². The number of amides is 1. The monoisotopic (exact) mass is 307 g/mol. The molecule has 1 heterocycles. The molecule has 1 aromatic rings. The molecule has 1 aliphatic rings. The number of nitrogens with zero attached hydrogens (tertiary/aromatic N) is 1. The summed E-state index contributed by atoms with van der Waals surface area (Å²) in [6.45, 7) is 1.77. The number of rotatable bonds is 5. The molecule has 1 aromatic heterocycles. The van der Waals surface area contributed by atoms with E-state index in [0.717, 1.165) is 12.8 Å². The SMILES string of the molecule is CCOC(=O)CN(C(=O)c1sccc1C#CCO)C1CC1. The van der Waals surface area contributed by atoms with E-state index in [9.17, 15) is 9.59 Å². The molecular weight excluding hydrogens is 290 g/mol. The van der Waals surface area contributed by atoms with Gasteiger partial charge in [-0.3, -0.25) is 9.59 Å². The number of carbonyl (C=O) groups is 2. The molecule has 0 aliphatic heterocycles. The Balaban J connectivity index is 2.15. The number of thiophene rings is 1. The van der Waals surface area contributed by atoms with Gasteiger partial charge in [0.2, 0.25) is 0 Å². The van der Waals surface area contributed by atoms with E-state index in [0.29, 0.717) is 17.0 Å². The van der Waals surface area contributed by atoms with Gasteiger partial charge in [0.25, 0.3) is 5.91 Å². The molecule has 0 radical (unpaired) electrons. The maximum absolute atomic E-state index is 12.6. The third kappa shape index (κ3) is 4.06. The summed E-state index contributed by atoms with van der Waals surface area (Å²) in [5.41, 5.74) is 0.591. The maximum atomic E-state index is 12.6. The van der Waals surface area contributed by atoms with Gasteiger partial charge >= 0.3 is 5.97 Å². The van der Waals surface area contributed by atoms with Gasteiger partial charge in [-0.05, 0) is 31.2 Å². The lowest BCUT2D eigenvalue weighted by molar-refractivity contribution is -0.143. The molecule has 21 heavy (non-hydrogen) atoms. The molecule has 5 nitrogen and oxygen atoms in total. The van der Waals surface area contributed by atoms with Crippen LogP contribution in [0, 0.1) is 11.8 Å². The van der Waals surface area contributed by atoms with Gasteiger partial charge in [-0.15, -0.1) is 11.3 Å². The van der Waals surface area contributed by atoms with E-state index >= 15 is 0 Å². The molecule has 0 atom stereocenters. The molecule has 6 heteroatoms. The van der Waals surface area contributed by atoms with Crippen molar-refractivity contribution in [3.05, 3.63) is 21.9 Å². The van der Waals surface area contributed by atoms with E-state index in [4.69, 9.17) is 9.84 Å². The smallest absolute Gasteiger partial charge is 0.325 e. The quantitative estimate of drug-likeness (QED) is 0.657. The van der Waals surface area contributed by atoms with Crippen molar-refractivity contribution in [3.8, 4) is 11.8 Å². The first-order valence-corrected chi connectivity index (χ1v) is 7.69. The first-order chi connectivity index (χ1) is 10.2. The summed E-state index contributed by atoms with van der Waals surface area (Å²) in [5.74, 6) is 4.72. The van der Waals surface area contributed by atoms with Crippen molar-refractivity contribution >= 4 is 23.2 Å². The fourth-order valence-corrected chi connectivity index (χ4v) is 2.74. The van der Waals surface area contributed by atoms with Crippen molar-refractivity contribution in [1.29, 1.82) is 0 Å². The molecule has 0 aromatic carbocycles. The lowest BCUT2D eigenvalue weighted by atomic mass is 10.2. The van der Waals surface area contributed by atoms with Crippen molar-refractivity contribution in [2.24, 2.45) is 0 Å². The van der Waals surface area contributed by atoms with E-state index in [-0.39, 0.29) is 25.1 Å². The van der Waals surface area contributed by atoms with Crippen molar-refractivity contribution < 1.29 is 19.4 Å². The molecule has 0 saturated heterocycles. The minimum Gasteiger partial charge on any atom is -0.465 e. The van der Waals surface area contributed by atoms with Gasteiger partial charge in [-0.25, -0.2) is 0 Å². The average Bonchev–Trinajstić information content (AvgIpc) is 3.20. The van der Waals surface area contributed by atoms with Crippen LogP contribution in [0.15, 0.2) is 11.4 Å². The number of aliphatic hydroxyl groups excluding tert-OH is 1. The van der Waals surface area contributed by atoms with Crippen LogP contribution in [0.4, 0.5) is 0 Å². The normalized spacial score (nSPS) is 13.2. The summed E-state index contributed by atoms with van der Waals surface area (Å²) in [7, 11) is 0. The van der Waals surface area contributed by atoms with Crippen LogP contribution in [-0.2, 0) is 9.53 Å². The Morgan fingerprint density at radius 3 is 2.90 bits per heavy atom. The maximum Gasteiger partial charge on any atom is 0.325 e. The van der Waals surface area contributed by atoms with Crippen molar-refractivity contribution in [2.75, 3.05) is 19.8 Å². The van der Waals surface area contributed by atoms with E-state index in [1.807, 2.05) is 0 Å². The van der Waals surface area contributed by atoms with Gasteiger partial charge in [0.15, 0.2) is 0 Å². The van der Waals surface area contributed by atoms with Gasteiger partial charge in [-0.1, -0.05) is 11.8 Å². The molecule has 112 valence electrons. The number of ether oxygens (including phenoxy) is 1. The minimum absolute atomic E-state index is 0.0257. The zero-order valence-electron chi connectivity index (χ0n) is 11.8. The molecular formula is C15H17NO4S. The summed E-state index contributed by atoms with van der Waals surface area (Å²) in [5, 5.41) is 10.5. The van der Waals surface area contributed by atoms with Gasteiger partial charge < -0.3 is 14.7 Å². The Morgan fingerprint density at radius 2 is 2.29 bits per heavy atom. The van der Waals surface area contributed by atoms with Gasteiger partial charge in [0, 0.05) is 11.6 Å². The molecule has 1 fully saturated rings. The minimum atomic E-state index is -0.391. The second kappa shape index (κ2) is 7.25. The Labute approximate surface area is 127 Å². The van der Waals surface area contributed by atoms with Crippen LogP contribution < -0.4 is 0 Å². The van der Waals surface area contributed by atoms with Crippen molar-refractivity contribution in [3.63, 3.8) is 0 Å². The predicted octanol–water partition coefficient (Wildman–Crippen LogP) is 1.26. The molecule has 1 saturated carbocycles. The van der Waals surface area contributed by atoms with Crippen LogP contribution in [0.2, 0.25) is 0 Å². The Morgan fingerprint density at radius 1 is 1.52 bits per heavy atom. The predicted molar refractivity (Wildman–Crippen MR) is 79.0 cm³/mol. The van der Waals surface area contributed by atoms with E-state index in [1.165, 1.54) is 11.3 Å². The zero-order valence-corrected chi connectivity index (χ0v) is 12.6. The van der Waals surface area contributed by atoms with Crippen molar-refractivity contribution in [2.45, 2.75) is 25.8 Å². The van der Waals surface area contributed by atoms with Crippen LogP contribution in [-0.4, -0.2) is 47.7 Å². The molecule has 0 spiro atoms. The summed E-state index contributed by atoms with van der Waals surface area (Å²) < 4.78 is 4.92. The molecule has 2 rings (SSSR count). The summed E-state index contributed by atoms with van der Waals surface area (Å²) in [4.78, 5) is 26.3. The van der Waals surface area contributed by atoms with E-state index in [1.54, 1.807) is 23.3 Å². The first-order valence-electron chi connectivity index (χ1n) is 6.81. The second-order valence-corrected chi connectivity index (χ2v) is 5.51. The van der Waals surface area contributed by atoms with E-state index < -0.39 is 5.97 Å². The largest absolute Gasteiger partial charge is 0.465 e. The Bertz CT molecular complexity index is 580. The fourth-order valence-electron chi connectivity index (χ4n) is 1.94. The highest BCUT2D eigenvalue weighted by Crippen LogP contribution is 2.30. The Kier molecular flexibility index (Phi) is 5.37. The Hall–Kier alpha value is -1.84. The van der Waals surface area contributed by atoms with Crippen LogP contribution in [0.3, 0.4) is 0 Å². The number of aliphatic hydroxyl groups is 1. The first kappa shape index (κ1) is 15.5. The number of hydrogen-bond acceptors (Lipinski definition) is 5. The molecule has 1 amide bonds. The number of carbonyl (C=O) groups excluding carboxylic acids is 2. The summed E-state index contributed by atoms with van der Waals surface area (Å²) in [6, 6.07) is 1.86. The molecule has 0 unspecified atom stereocenters. The third-order valence-corrected chi connectivity index (χ3v) is 3.92. The molecule has 0 bridgehead atoms. The highest BCUT2D eigenvalue weighted by atomic mass is 32.1. The standard InChI is InChI=1S/C15H17NO4S/c1-2-20-13(18)10-16(12-5-6-12)15(19)14-11(4-3-8-17)7-9-21-14/h7,9,12,17H,2,5-6,8,10H2,1H3. The highest BCUT2D eigenvalue weighted by molar-refractivity contribution is 7.12. The average molecular weight is 307 g/mol. The van der Waals surface area contributed by atoms with Gasteiger partial charge in [-0.2, -0.15) is 0 Å².